The van der Waals surface area contributed by atoms with Crippen LogP contribution in [-0.2, 0) is 0 Å². The molecule has 3 heteroatoms. The molecule has 0 unspecified atom stereocenters. The first kappa shape index (κ1) is 29.9. The number of fused-ring (bicyclic) bond motifs is 8. The monoisotopic (exact) mass is 661 g/mol. The summed E-state index contributed by atoms with van der Waals surface area (Å²) >= 11 is 0. The average molecular weight is 662 g/mol. The lowest BCUT2D eigenvalue weighted by molar-refractivity contribution is 1.30. The fourth-order valence-electron chi connectivity index (χ4n) is 7.60. The van der Waals surface area contributed by atoms with Gasteiger partial charge >= 0.3 is 0 Å². The van der Waals surface area contributed by atoms with Gasteiger partial charge in [-0.2, -0.15) is 0 Å². The van der Waals surface area contributed by atoms with E-state index in [0.717, 1.165) is 77.9 Å². The van der Waals surface area contributed by atoms with Gasteiger partial charge < -0.3 is 0 Å². The molecule has 52 heavy (non-hydrogen) atoms. The van der Waals surface area contributed by atoms with Crippen LogP contribution in [0.5, 0.6) is 0 Å². The van der Waals surface area contributed by atoms with Crippen molar-refractivity contribution in [1.29, 1.82) is 0 Å². The van der Waals surface area contributed by atoms with Gasteiger partial charge in [-0.1, -0.05) is 146 Å². The molecule has 9 aromatic rings. The second kappa shape index (κ2) is 12.1. The van der Waals surface area contributed by atoms with Crippen LogP contribution in [0.25, 0.3) is 94.3 Å². The van der Waals surface area contributed by atoms with Crippen molar-refractivity contribution in [2.75, 3.05) is 0 Å². The van der Waals surface area contributed by atoms with Crippen molar-refractivity contribution in [3.63, 3.8) is 0 Å². The molecular formula is C49H31N3. The highest BCUT2D eigenvalue weighted by molar-refractivity contribution is 6.22. The van der Waals surface area contributed by atoms with Crippen LogP contribution in [0.1, 0.15) is 16.7 Å². The highest BCUT2D eigenvalue weighted by Gasteiger charge is 2.16. The summed E-state index contributed by atoms with van der Waals surface area (Å²) in [5.74, 6) is 0. The Labute approximate surface area is 301 Å². The van der Waals surface area contributed by atoms with Crippen LogP contribution in [0.15, 0.2) is 177 Å². The van der Waals surface area contributed by atoms with Crippen molar-refractivity contribution in [2.45, 2.75) is 0 Å². The van der Waals surface area contributed by atoms with Crippen molar-refractivity contribution >= 4 is 60.6 Å². The molecule has 0 saturated carbocycles. The van der Waals surface area contributed by atoms with Crippen molar-refractivity contribution in [2.24, 2.45) is 0 Å². The summed E-state index contributed by atoms with van der Waals surface area (Å²) in [5.41, 5.74) is 13.2. The topological polar surface area (TPSA) is 38.7 Å². The molecule has 0 bridgehead atoms. The van der Waals surface area contributed by atoms with E-state index >= 15 is 0 Å². The van der Waals surface area contributed by atoms with Gasteiger partial charge in [-0.25, -0.2) is 9.97 Å². The largest absolute Gasteiger partial charge is 0.256 e. The van der Waals surface area contributed by atoms with Gasteiger partial charge in [0.15, 0.2) is 0 Å². The van der Waals surface area contributed by atoms with Crippen molar-refractivity contribution in [3.05, 3.63) is 193 Å². The number of aromatic nitrogens is 3. The van der Waals surface area contributed by atoms with Gasteiger partial charge in [0.05, 0.1) is 28.1 Å². The molecule has 0 atom stereocenters. The molecule has 1 aliphatic rings. The van der Waals surface area contributed by atoms with Crippen LogP contribution >= 0.6 is 0 Å². The summed E-state index contributed by atoms with van der Waals surface area (Å²) in [6.45, 7) is 4.48. The van der Waals surface area contributed by atoms with E-state index < -0.39 is 0 Å². The second-order valence-corrected chi connectivity index (χ2v) is 13.3. The molecule has 10 rings (SSSR count). The molecule has 0 spiro atoms. The van der Waals surface area contributed by atoms with E-state index in [1.165, 1.54) is 27.1 Å². The maximum Gasteiger partial charge on any atom is 0.0793 e. The lowest BCUT2D eigenvalue weighted by Gasteiger charge is -2.13. The Morgan fingerprint density at radius 1 is 0.462 bits per heavy atom. The van der Waals surface area contributed by atoms with E-state index in [2.05, 4.69) is 170 Å². The van der Waals surface area contributed by atoms with E-state index in [1.54, 1.807) is 0 Å². The van der Waals surface area contributed by atoms with Crippen LogP contribution in [0, 0.1) is 0 Å². The number of nitrogens with zero attached hydrogens (tertiary/aromatic N) is 3. The van der Waals surface area contributed by atoms with Crippen LogP contribution in [0.3, 0.4) is 0 Å². The van der Waals surface area contributed by atoms with E-state index in [4.69, 9.17) is 15.0 Å². The fourth-order valence-corrected chi connectivity index (χ4v) is 7.60. The second-order valence-electron chi connectivity index (χ2n) is 13.3. The molecule has 0 saturated heterocycles. The maximum atomic E-state index is 5.19. The molecule has 242 valence electrons. The summed E-state index contributed by atoms with van der Waals surface area (Å²) in [7, 11) is 0. The van der Waals surface area contributed by atoms with Crippen LogP contribution in [0.2, 0.25) is 0 Å². The lowest BCUT2D eigenvalue weighted by atomic mass is 9.95. The molecule has 0 fully saturated rings. The highest BCUT2D eigenvalue weighted by atomic mass is 14.7. The Morgan fingerprint density at radius 3 is 2.02 bits per heavy atom. The van der Waals surface area contributed by atoms with Gasteiger partial charge in [-0.05, 0) is 63.4 Å². The summed E-state index contributed by atoms with van der Waals surface area (Å²) in [4.78, 5) is 15.3. The minimum atomic E-state index is 0.880. The quantitative estimate of drug-likeness (QED) is 0.176. The van der Waals surface area contributed by atoms with E-state index in [-0.39, 0.29) is 0 Å². The van der Waals surface area contributed by atoms with E-state index in [0.29, 0.717) is 0 Å². The Bertz CT molecular complexity index is 2920. The summed E-state index contributed by atoms with van der Waals surface area (Å²) in [6, 6.07) is 53.2. The van der Waals surface area contributed by atoms with Gasteiger partial charge in [0.1, 0.15) is 0 Å². The number of pyridine rings is 3. The Kier molecular flexibility index (Phi) is 6.97. The van der Waals surface area contributed by atoms with E-state index in [1.807, 2.05) is 12.3 Å². The third kappa shape index (κ3) is 5.02. The average Bonchev–Trinajstić information content (AvgIpc) is 3.39. The number of allylic oxidation sites excluding steroid dienone is 4. The maximum absolute atomic E-state index is 5.19. The number of para-hydroxylation sites is 1. The Balaban J connectivity index is 0.982. The SMILES string of the molecule is C=C1C=C(c2ccccc2)C=Cc2ccc3ccc(-c4ccc(-c5ccc(-c6nc7ccccc7c7c6ccc6ccccc67)cc5)nc4)nc3c21. The number of rotatable bonds is 4. The number of benzene rings is 6. The molecule has 1 aliphatic carbocycles. The highest BCUT2D eigenvalue weighted by Crippen LogP contribution is 2.38. The van der Waals surface area contributed by atoms with Gasteiger partial charge in [-0.15, -0.1) is 0 Å². The van der Waals surface area contributed by atoms with Gasteiger partial charge in [0.25, 0.3) is 0 Å². The molecule has 0 aliphatic heterocycles. The van der Waals surface area contributed by atoms with Crippen LogP contribution in [0.4, 0.5) is 0 Å². The molecule has 0 N–H and O–H groups in total. The summed E-state index contributed by atoms with van der Waals surface area (Å²) in [5, 5.41) is 7.12. The summed E-state index contributed by atoms with van der Waals surface area (Å²) in [6.07, 6.45) is 8.42. The first-order chi connectivity index (χ1) is 25.7. The van der Waals surface area contributed by atoms with Crippen molar-refractivity contribution in [1.82, 2.24) is 15.0 Å². The van der Waals surface area contributed by atoms with Crippen LogP contribution in [-0.4, -0.2) is 15.0 Å². The Morgan fingerprint density at radius 2 is 1.17 bits per heavy atom. The van der Waals surface area contributed by atoms with Gasteiger partial charge in [0, 0.05) is 50.0 Å². The molecule has 3 nitrogen and oxygen atoms in total. The molecular weight excluding hydrogens is 631 g/mol. The van der Waals surface area contributed by atoms with Crippen molar-refractivity contribution < 1.29 is 0 Å². The first-order valence-corrected chi connectivity index (χ1v) is 17.5. The smallest absolute Gasteiger partial charge is 0.0793 e. The third-order valence-electron chi connectivity index (χ3n) is 10.2. The molecule has 0 amide bonds. The van der Waals surface area contributed by atoms with Crippen LogP contribution < -0.4 is 0 Å². The lowest BCUT2D eigenvalue weighted by Crippen LogP contribution is -1.94. The molecule has 3 aromatic heterocycles. The van der Waals surface area contributed by atoms with E-state index in [9.17, 15) is 0 Å². The minimum absolute atomic E-state index is 0.880. The van der Waals surface area contributed by atoms with Gasteiger partial charge in [-0.3, -0.25) is 4.98 Å². The molecule has 3 heterocycles. The van der Waals surface area contributed by atoms with Gasteiger partial charge in [0.2, 0.25) is 0 Å². The fraction of sp³-hybridized carbons (Fsp3) is 0. The third-order valence-corrected chi connectivity index (χ3v) is 10.2. The zero-order chi connectivity index (χ0) is 34.6. The zero-order valence-electron chi connectivity index (χ0n) is 28.3. The standard InChI is InChI=1S/C49H31N3/c1-31-29-38(32-9-3-2-4-10-32)22-18-35-17-21-37-24-28-44(51-49(37)46(31)35)39-25-27-43(50-30-39)34-15-19-36(20-16-34)48-42-26-23-33-11-5-6-12-40(33)47(42)41-13-7-8-14-45(41)52-48/h2-30H,1H2. The Hall–Kier alpha value is -6.97. The molecule has 6 aromatic carbocycles. The predicted molar refractivity (Wildman–Crippen MR) is 219 cm³/mol. The number of hydrogen-bond donors (Lipinski definition) is 0. The summed E-state index contributed by atoms with van der Waals surface area (Å²) < 4.78 is 0. The predicted octanol–water partition coefficient (Wildman–Crippen LogP) is 12.6. The minimum Gasteiger partial charge on any atom is -0.256 e. The number of hydrogen-bond acceptors (Lipinski definition) is 3. The molecule has 0 radical (unpaired) electrons. The first-order valence-electron chi connectivity index (χ1n) is 17.5. The normalized spacial score (nSPS) is 12.7. The van der Waals surface area contributed by atoms with Crippen molar-refractivity contribution in [3.8, 4) is 33.8 Å². The zero-order valence-corrected chi connectivity index (χ0v) is 28.3.